The Labute approximate surface area is 115 Å². The lowest BCUT2D eigenvalue weighted by Crippen LogP contribution is -2.06. The molecule has 0 heterocycles. The minimum absolute atomic E-state index is 0.0729. The molecule has 0 aromatic heterocycles. The predicted molar refractivity (Wildman–Crippen MR) is 72.6 cm³/mol. The van der Waals surface area contributed by atoms with Gasteiger partial charge in [-0.05, 0) is 31.2 Å². The van der Waals surface area contributed by atoms with Crippen LogP contribution in [0.15, 0.2) is 36.4 Å². The van der Waals surface area contributed by atoms with E-state index in [1.165, 1.54) is 13.2 Å². The molecule has 0 amide bonds. The number of anilines is 1. The van der Waals surface area contributed by atoms with Crippen molar-refractivity contribution in [3.8, 4) is 16.9 Å². The zero-order valence-electron chi connectivity index (χ0n) is 11.1. The number of methoxy groups -OCH3 is 1. The van der Waals surface area contributed by atoms with Gasteiger partial charge in [0.05, 0.1) is 12.7 Å². The van der Waals surface area contributed by atoms with Crippen molar-refractivity contribution in [3.05, 3.63) is 47.5 Å². The first-order chi connectivity index (χ1) is 9.32. The van der Waals surface area contributed by atoms with Gasteiger partial charge in [-0.1, -0.05) is 17.7 Å². The molecule has 5 heteroatoms. The summed E-state index contributed by atoms with van der Waals surface area (Å²) in [5, 5.41) is 0. The van der Waals surface area contributed by atoms with Crippen molar-refractivity contribution < 1.29 is 17.9 Å². The van der Waals surface area contributed by atoms with Gasteiger partial charge in [-0.2, -0.15) is 13.2 Å². The van der Waals surface area contributed by atoms with Gasteiger partial charge in [0.15, 0.2) is 0 Å². The Kier molecular flexibility index (Phi) is 3.61. The van der Waals surface area contributed by atoms with Crippen LogP contribution in [0.3, 0.4) is 0 Å². The highest BCUT2D eigenvalue weighted by Gasteiger charge is 2.31. The first-order valence-corrected chi connectivity index (χ1v) is 5.94. The number of halogens is 3. The van der Waals surface area contributed by atoms with Crippen molar-refractivity contribution in [1.82, 2.24) is 0 Å². The summed E-state index contributed by atoms with van der Waals surface area (Å²) in [5.41, 5.74) is 7.26. The number of nitrogens with two attached hydrogens (primary N) is 1. The summed E-state index contributed by atoms with van der Waals surface area (Å²) in [6.07, 6.45) is -4.40. The van der Waals surface area contributed by atoms with E-state index in [2.05, 4.69) is 0 Å². The number of benzene rings is 2. The average molecular weight is 281 g/mol. The van der Waals surface area contributed by atoms with Gasteiger partial charge < -0.3 is 10.5 Å². The minimum atomic E-state index is -4.40. The molecule has 2 N–H and O–H groups in total. The summed E-state index contributed by atoms with van der Waals surface area (Å²) >= 11 is 0. The van der Waals surface area contributed by atoms with Crippen molar-refractivity contribution in [2.24, 2.45) is 0 Å². The fourth-order valence-corrected chi connectivity index (χ4v) is 2.02. The topological polar surface area (TPSA) is 35.2 Å². The van der Waals surface area contributed by atoms with Gasteiger partial charge in [0, 0.05) is 16.8 Å². The van der Waals surface area contributed by atoms with E-state index in [1.54, 1.807) is 6.07 Å². The van der Waals surface area contributed by atoms with E-state index < -0.39 is 11.7 Å². The van der Waals surface area contributed by atoms with Crippen LogP contribution in [0.2, 0.25) is 0 Å². The molecule has 0 aliphatic carbocycles. The Morgan fingerprint density at radius 3 is 2.25 bits per heavy atom. The van der Waals surface area contributed by atoms with E-state index in [-0.39, 0.29) is 5.69 Å². The highest BCUT2D eigenvalue weighted by Crippen LogP contribution is 2.38. The van der Waals surface area contributed by atoms with Crippen LogP contribution in [0, 0.1) is 6.92 Å². The lowest BCUT2D eigenvalue weighted by molar-refractivity contribution is -0.137. The number of rotatable bonds is 2. The number of alkyl halides is 3. The summed E-state index contributed by atoms with van der Waals surface area (Å²) in [6.45, 7) is 1.89. The zero-order chi connectivity index (χ0) is 14.9. The van der Waals surface area contributed by atoms with Gasteiger partial charge in [0.2, 0.25) is 0 Å². The van der Waals surface area contributed by atoms with Crippen LogP contribution in [-0.4, -0.2) is 7.11 Å². The van der Waals surface area contributed by atoms with E-state index in [0.717, 1.165) is 17.7 Å². The molecule has 0 aliphatic heterocycles. The molecule has 2 aromatic carbocycles. The SMILES string of the molecule is COc1ccc(C)cc1-c1ccc(C(F)(F)F)cc1N. The third-order valence-electron chi connectivity index (χ3n) is 3.02. The second-order valence-corrected chi connectivity index (χ2v) is 4.50. The van der Waals surface area contributed by atoms with Gasteiger partial charge in [0.25, 0.3) is 0 Å². The van der Waals surface area contributed by atoms with E-state index in [4.69, 9.17) is 10.5 Å². The molecule has 0 saturated heterocycles. The number of hydrogen-bond donors (Lipinski definition) is 1. The highest BCUT2D eigenvalue weighted by atomic mass is 19.4. The average Bonchev–Trinajstić information content (AvgIpc) is 2.37. The molecule has 106 valence electrons. The van der Waals surface area contributed by atoms with E-state index in [0.29, 0.717) is 16.9 Å². The van der Waals surface area contributed by atoms with Crippen LogP contribution in [0.4, 0.5) is 18.9 Å². The van der Waals surface area contributed by atoms with Crippen molar-refractivity contribution in [3.63, 3.8) is 0 Å². The maximum atomic E-state index is 12.6. The standard InChI is InChI=1S/C15H14F3NO/c1-9-3-6-14(20-2)12(7-9)11-5-4-10(8-13(11)19)15(16,17)18/h3-8H,19H2,1-2H3. The Morgan fingerprint density at radius 2 is 1.70 bits per heavy atom. The molecular formula is C15H14F3NO. The van der Waals surface area contributed by atoms with Gasteiger partial charge in [-0.3, -0.25) is 0 Å². The Hall–Kier alpha value is -2.17. The summed E-state index contributed by atoms with van der Waals surface area (Å²) in [4.78, 5) is 0. The normalized spacial score (nSPS) is 11.4. The molecule has 2 rings (SSSR count). The summed E-state index contributed by atoms with van der Waals surface area (Å²) in [7, 11) is 1.51. The minimum Gasteiger partial charge on any atom is -0.496 e. The molecule has 2 aromatic rings. The Balaban J connectivity index is 2.57. The lowest BCUT2D eigenvalue weighted by Gasteiger charge is -2.14. The van der Waals surface area contributed by atoms with Crippen LogP contribution >= 0.6 is 0 Å². The van der Waals surface area contributed by atoms with Crippen molar-refractivity contribution >= 4 is 5.69 Å². The summed E-state index contributed by atoms with van der Waals surface area (Å²) < 4.78 is 43.1. The number of aryl methyl sites for hydroxylation is 1. The number of ether oxygens (including phenoxy) is 1. The highest BCUT2D eigenvalue weighted by molar-refractivity contribution is 5.81. The molecule has 20 heavy (non-hydrogen) atoms. The van der Waals surface area contributed by atoms with Crippen molar-refractivity contribution in [2.45, 2.75) is 13.1 Å². The molecule has 0 unspecified atom stereocenters. The van der Waals surface area contributed by atoms with Crippen LogP contribution in [0.25, 0.3) is 11.1 Å². The molecule has 2 nitrogen and oxygen atoms in total. The molecule has 0 bridgehead atoms. The molecule has 0 fully saturated rings. The maximum Gasteiger partial charge on any atom is 0.416 e. The fraction of sp³-hybridized carbons (Fsp3) is 0.200. The van der Waals surface area contributed by atoms with Crippen molar-refractivity contribution in [2.75, 3.05) is 12.8 Å². The second-order valence-electron chi connectivity index (χ2n) is 4.50. The monoisotopic (exact) mass is 281 g/mol. The third kappa shape index (κ3) is 2.71. The Morgan fingerprint density at radius 1 is 1.00 bits per heavy atom. The molecule has 0 saturated carbocycles. The number of hydrogen-bond acceptors (Lipinski definition) is 2. The molecular weight excluding hydrogens is 267 g/mol. The van der Waals surface area contributed by atoms with Gasteiger partial charge in [-0.25, -0.2) is 0 Å². The molecule has 0 radical (unpaired) electrons. The van der Waals surface area contributed by atoms with E-state index in [9.17, 15) is 13.2 Å². The van der Waals surface area contributed by atoms with Crippen LogP contribution < -0.4 is 10.5 Å². The smallest absolute Gasteiger partial charge is 0.416 e. The Bertz CT molecular complexity index is 636. The molecule has 0 spiro atoms. The first kappa shape index (κ1) is 14.2. The number of nitrogen functional groups attached to an aromatic ring is 1. The zero-order valence-corrected chi connectivity index (χ0v) is 11.1. The van der Waals surface area contributed by atoms with Gasteiger partial charge in [-0.15, -0.1) is 0 Å². The summed E-state index contributed by atoms with van der Waals surface area (Å²) in [6, 6.07) is 8.79. The lowest BCUT2D eigenvalue weighted by atomic mass is 9.99. The van der Waals surface area contributed by atoms with Crippen LogP contribution in [0.5, 0.6) is 5.75 Å². The van der Waals surface area contributed by atoms with Gasteiger partial charge in [0.1, 0.15) is 5.75 Å². The fourth-order valence-electron chi connectivity index (χ4n) is 2.02. The maximum absolute atomic E-state index is 12.6. The largest absolute Gasteiger partial charge is 0.496 e. The predicted octanol–water partition coefficient (Wildman–Crippen LogP) is 4.27. The van der Waals surface area contributed by atoms with Crippen molar-refractivity contribution in [1.29, 1.82) is 0 Å². The molecule has 0 aliphatic rings. The third-order valence-corrected chi connectivity index (χ3v) is 3.02. The van der Waals surface area contributed by atoms with E-state index in [1.807, 2.05) is 19.1 Å². The van der Waals surface area contributed by atoms with Crippen LogP contribution in [-0.2, 0) is 6.18 Å². The second kappa shape index (κ2) is 5.07. The van der Waals surface area contributed by atoms with E-state index >= 15 is 0 Å². The molecule has 0 atom stereocenters. The van der Waals surface area contributed by atoms with Crippen LogP contribution in [0.1, 0.15) is 11.1 Å². The summed E-state index contributed by atoms with van der Waals surface area (Å²) in [5.74, 6) is 0.571. The first-order valence-electron chi connectivity index (χ1n) is 5.94. The van der Waals surface area contributed by atoms with Gasteiger partial charge >= 0.3 is 6.18 Å². The quantitative estimate of drug-likeness (QED) is 0.834.